The van der Waals surface area contributed by atoms with Crippen LogP contribution in [-0.2, 0) is 4.74 Å². The van der Waals surface area contributed by atoms with Gasteiger partial charge >= 0.3 is 0 Å². The van der Waals surface area contributed by atoms with E-state index in [0.29, 0.717) is 10.9 Å². The molecular weight excluding hydrogens is 346 g/mol. The van der Waals surface area contributed by atoms with Crippen molar-refractivity contribution in [3.8, 4) is 0 Å². The fraction of sp³-hybridized carbons (Fsp3) is 0.706. The first kappa shape index (κ1) is 19.5. The number of hydrogen-bond donors (Lipinski definition) is 2. The molecule has 0 aromatic carbocycles. The number of halogens is 1. The molecule has 1 aliphatic rings. The van der Waals surface area contributed by atoms with Crippen LogP contribution in [0.2, 0.25) is 4.34 Å². The van der Waals surface area contributed by atoms with E-state index in [-0.39, 0.29) is 0 Å². The number of nitrogens with zero attached hydrogens (tertiary/aromatic N) is 2. The monoisotopic (exact) mass is 373 g/mol. The number of hydrogen-bond acceptors (Lipinski definition) is 4. The van der Waals surface area contributed by atoms with E-state index in [0.717, 1.165) is 62.3 Å². The zero-order chi connectivity index (χ0) is 17.4. The number of nitrogens with one attached hydrogen (secondary N) is 1. The molecule has 2 rings (SSSR count). The van der Waals surface area contributed by atoms with Crippen LogP contribution in [0.3, 0.4) is 0 Å². The third-order valence-electron chi connectivity index (χ3n) is 4.25. The molecule has 0 bridgehead atoms. The van der Waals surface area contributed by atoms with E-state index in [1.807, 2.05) is 6.07 Å². The minimum Gasteiger partial charge on any atom is -0.386 e. The van der Waals surface area contributed by atoms with Crippen LogP contribution in [0.1, 0.15) is 37.2 Å². The molecule has 24 heavy (non-hydrogen) atoms. The van der Waals surface area contributed by atoms with Crippen LogP contribution >= 0.6 is 22.9 Å². The third kappa shape index (κ3) is 6.24. The minimum atomic E-state index is -0.611. The van der Waals surface area contributed by atoms with E-state index >= 15 is 0 Å². The first-order valence-corrected chi connectivity index (χ1v) is 9.80. The van der Waals surface area contributed by atoms with Crippen LogP contribution in [0, 0.1) is 5.92 Å². The van der Waals surface area contributed by atoms with Gasteiger partial charge in [-0.15, -0.1) is 11.3 Å². The van der Waals surface area contributed by atoms with E-state index in [9.17, 15) is 5.11 Å². The fourth-order valence-corrected chi connectivity index (χ4v) is 3.80. The summed E-state index contributed by atoms with van der Waals surface area (Å²) in [5.74, 6) is 1.58. The highest BCUT2D eigenvalue weighted by Crippen LogP contribution is 2.27. The fourth-order valence-electron chi connectivity index (χ4n) is 2.76. The van der Waals surface area contributed by atoms with Crippen molar-refractivity contribution in [2.75, 3.05) is 39.9 Å². The second-order valence-electron chi connectivity index (χ2n) is 6.12. The molecule has 0 radical (unpaired) electrons. The Morgan fingerprint density at radius 2 is 2.25 bits per heavy atom. The highest BCUT2D eigenvalue weighted by molar-refractivity contribution is 7.16. The second-order valence-corrected chi connectivity index (χ2v) is 7.86. The Balaban J connectivity index is 1.86. The summed E-state index contributed by atoms with van der Waals surface area (Å²) >= 11 is 7.32. The standard InChI is InChI=1S/C17H28ClN3O2S/c1-3-19-17(20-12-14(22)15-4-5-16(18)24-15)21(2)9-6-13-7-10-23-11-8-13/h4-5,13-14,22H,3,6-12H2,1-2H3,(H,19,20). The lowest BCUT2D eigenvalue weighted by Crippen LogP contribution is -2.40. The van der Waals surface area contributed by atoms with Gasteiger partial charge in [0.25, 0.3) is 0 Å². The van der Waals surface area contributed by atoms with Gasteiger partial charge in [0.15, 0.2) is 5.96 Å². The summed E-state index contributed by atoms with van der Waals surface area (Å²) in [5.41, 5.74) is 0. The molecule has 1 atom stereocenters. The van der Waals surface area contributed by atoms with Crippen molar-refractivity contribution in [2.45, 2.75) is 32.3 Å². The number of guanidine groups is 1. The lowest BCUT2D eigenvalue weighted by atomic mass is 9.96. The molecule has 7 heteroatoms. The number of rotatable bonds is 7. The summed E-state index contributed by atoms with van der Waals surface area (Å²) in [6, 6.07) is 3.66. The van der Waals surface area contributed by atoms with Crippen molar-refractivity contribution in [3.63, 3.8) is 0 Å². The number of aliphatic hydroxyl groups is 1. The number of thiophene rings is 1. The molecular formula is C17H28ClN3O2S. The van der Waals surface area contributed by atoms with Gasteiger partial charge in [0.2, 0.25) is 0 Å². The number of aliphatic imine (C=N–C) groups is 1. The van der Waals surface area contributed by atoms with Gasteiger partial charge in [-0.25, -0.2) is 0 Å². The molecule has 0 aliphatic carbocycles. The van der Waals surface area contributed by atoms with Gasteiger partial charge in [-0.3, -0.25) is 4.99 Å². The van der Waals surface area contributed by atoms with Crippen LogP contribution in [0.25, 0.3) is 0 Å². The Bertz CT molecular complexity index is 518. The van der Waals surface area contributed by atoms with Crippen molar-refractivity contribution >= 4 is 28.9 Å². The third-order valence-corrected chi connectivity index (χ3v) is 5.58. The summed E-state index contributed by atoms with van der Waals surface area (Å²) in [4.78, 5) is 7.58. The SMILES string of the molecule is CCNC(=NCC(O)c1ccc(Cl)s1)N(C)CCC1CCOCC1. The summed E-state index contributed by atoms with van der Waals surface area (Å²) in [5, 5.41) is 13.6. The molecule has 0 saturated carbocycles. The predicted octanol–water partition coefficient (Wildman–Crippen LogP) is 3.15. The van der Waals surface area contributed by atoms with E-state index < -0.39 is 6.10 Å². The highest BCUT2D eigenvalue weighted by atomic mass is 35.5. The molecule has 1 fully saturated rings. The van der Waals surface area contributed by atoms with Crippen molar-refractivity contribution in [2.24, 2.45) is 10.9 Å². The Labute approximate surface area is 153 Å². The Hall–Kier alpha value is -0.820. The molecule has 5 nitrogen and oxygen atoms in total. The number of aliphatic hydroxyl groups excluding tert-OH is 1. The van der Waals surface area contributed by atoms with Crippen molar-refractivity contribution in [1.82, 2.24) is 10.2 Å². The Kier molecular flexibility index (Phi) is 8.32. The van der Waals surface area contributed by atoms with Crippen LogP contribution in [-0.4, -0.2) is 55.9 Å². The van der Waals surface area contributed by atoms with Crippen LogP contribution < -0.4 is 5.32 Å². The molecule has 0 spiro atoms. The van der Waals surface area contributed by atoms with E-state index in [4.69, 9.17) is 16.3 Å². The zero-order valence-electron chi connectivity index (χ0n) is 14.5. The molecule has 1 aliphatic heterocycles. The molecule has 1 aromatic heterocycles. The topological polar surface area (TPSA) is 57.1 Å². The molecule has 1 saturated heterocycles. The normalized spacial score (nSPS) is 17.8. The van der Waals surface area contributed by atoms with Crippen LogP contribution in [0.5, 0.6) is 0 Å². The maximum absolute atomic E-state index is 10.3. The summed E-state index contributed by atoms with van der Waals surface area (Å²) in [7, 11) is 2.05. The summed E-state index contributed by atoms with van der Waals surface area (Å²) < 4.78 is 6.10. The Morgan fingerprint density at radius 3 is 2.88 bits per heavy atom. The maximum atomic E-state index is 10.3. The molecule has 1 aromatic rings. The first-order valence-electron chi connectivity index (χ1n) is 8.60. The van der Waals surface area contributed by atoms with Crippen LogP contribution in [0.4, 0.5) is 0 Å². The Morgan fingerprint density at radius 1 is 1.50 bits per heavy atom. The quantitative estimate of drug-likeness (QED) is 0.569. The lowest BCUT2D eigenvalue weighted by molar-refractivity contribution is 0.0625. The molecule has 136 valence electrons. The smallest absolute Gasteiger partial charge is 0.193 e. The number of ether oxygens (including phenoxy) is 1. The van der Waals surface area contributed by atoms with Crippen molar-refractivity contribution < 1.29 is 9.84 Å². The van der Waals surface area contributed by atoms with Gasteiger partial charge in [0.1, 0.15) is 6.10 Å². The first-order chi connectivity index (χ1) is 11.6. The predicted molar refractivity (Wildman–Crippen MR) is 101 cm³/mol. The van der Waals surface area contributed by atoms with E-state index in [2.05, 4.69) is 29.2 Å². The van der Waals surface area contributed by atoms with Gasteiger partial charge in [-0.1, -0.05) is 11.6 Å². The largest absolute Gasteiger partial charge is 0.386 e. The average molecular weight is 374 g/mol. The molecule has 0 amide bonds. The molecule has 1 unspecified atom stereocenters. The lowest BCUT2D eigenvalue weighted by Gasteiger charge is -2.27. The maximum Gasteiger partial charge on any atom is 0.193 e. The summed E-state index contributed by atoms with van der Waals surface area (Å²) in [6.07, 6.45) is 2.84. The van der Waals surface area contributed by atoms with Gasteiger partial charge in [-0.2, -0.15) is 0 Å². The second kappa shape index (κ2) is 10.2. The van der Waals surface area contributed by atoms with Crippen molar-refractivity contribution in [3.05, 3.63) is 21.3 Å². The minimum absolute atomic E-state index is 0.334. The molecule has 2 heterocycles. The highest BCUT2D eigenvalue weighted by Gasteiger charge is 2.16. The van der Waals surface area contributed by atoms with Gasteiger partial charge in [0, 0.05) is 38.2 Å². The van der Waals surface area contributed by atoms with Crippen LogP contribution in [0.15, 0.2) is 17.1 Å². The van der Waals surface area contributed by atoms with E-state index in [1.54, 1.807) is 6.07 Å². The summed E-state index contributed by atoms with van der Waals surface area (Å²) in [6.45, 7) is 5.92. The van der Waals surface area contributed by atoms with Gasteiger partial charge in [-0.05, 0) is 44.2 Å². The van der Waals surface area contributed by atoms with E-state index in [1.165, 1.54) is 11.3 Å². The zero-order valence-corrected chi connectivity index (χ0v) is 16.1. The van der Waals surface area contributed by atoms with Gasteiger partial charge < -0.3 is 20.1 Å². The van der Waals surface area contributed by atoms with Crippen molar-refractivity contribution in [1.29, 1.82) is 0 Å². The molecule has 2 N–H and O–H groups in total. The average Bonchev–Trinajstić information content (AvgIpc) is 3.03. The van der Waals surface area contributed by atoms with Gasteiger partial charge in [0.05, 0.1) is 10.9 Å².